The number of hydrogen-bond donors (Lipinski definition) is 1. The molecule has 2 aliphatic rings. The Hall–Kier alpha value is -2.39. The fourth-order valence-electron chi connectivity index (χ4n) is 2.96. The van der Waals surface area contributed by atoms with Crippen molar-refractivity contribution in [1.82, 2.24) is 5.32 Å². The smallest absolute Gasteiger partial charge is 0.264 e. The van der Waals surface area contributed by atoms with Gasteiger partial charge in [-0.05, 0) is 55.3 Å². The molecule has 136 valence electrons. The zero-order valence-corrected chi connectivity index (χ0v) is 15.6. The minimum absolute atomic E-state index is 0.114. The van der Waals surface area contributed by atoms with E-state index in [-0.39, 0.29) is 12.5 Å². The summed E-state index contributed by atoms with van der Waals surface area (Å²) in [5.74, 6) is 3.53. The van der Waals surface area contributed by atoms with Gasteiger partial charge >= 0.3 is 0 Å². The van der Waals surface area contributed by atoms with Crippen LogP contribution in [0.25, 0.3) is 6.08 Å². The summed E-state index contributed by atoms with van der Waals surface area (Å²) < 4.78 is 11.1. The first-order valence-electron chi connectivity index (χ1n) is 8.81. The van der Waals surface area contributed by atoms with E-state index in [4.69, 9.17) is 15.9 Å². The number of thioether (sulfide) groups is 1. The Morgan fingerprint density at radius 2 is 2.15 bits per heavy atom. The molecule has 26 heavy (non-hydrogen) atoms. The Balaban J connectivity index is 1.77. The molecular weight excluding hydrogens is 348 g/mol. The van der Waals surface area contributed by atoms with Crippen LogP contribution < -0.4 is 14.8 Å². The molecule has 1 aromatic carbocycles. The number of rotatable bonds is 6. The molecule has 1 aliphatic carbocycles. The molecule has 0 spiro atoms. The first kappa shape index (κ1) is 18.4. The average molecular weight is 370 g/mol. The number of amides is 1. The van der Waals surface area contributed by atoms with Crippen LogP contribution >= 0.6 is 11.8 Å². The van der Waals surface area contributed by atoms with Crippen LogP contribution in [-0.2, 0) is 4.79 Å². The van der Waals surface area contributed by atoms with Gasteiger partial charge in [0.1, 0.15) is 6.61 Å². The lowest BCUT2D eigenvalue weighted by atomic mass is 10.2. The van der Waals surface area contributed by atoms with Crippen LogP contribution in [0.4, 0.5) is 0 Å². The molecule has 5 nitrogen and oxygen atoms in total. The zero-order chi connectivity index (χ0) is 18.4. The van der Waals surface area contributed by atoms with Crippen LogP contribution in [-0.4, -0.2) is 30.3 Å². The highest BCUT2D eigenvalue weighted by molar-refractivity contribution is 8.18. The third kappa shape index (κ3) is 4.61. The van der Waals surface area contributed by atoms with Crippen LogP contribution in [0.5, 0.6) is 11.5 Å². The lowest BCUT2D eigenvalue weighted by Crippen LogP contribution is -2.21. The number of ether oxygens (including phenoxy) is 2. The number of carbonyl (C=O) groups is 1. The van der Waals surface area contributed by atoms with Crippen molar-refractivity contribution >= 4 is 28.9 Å². The Morgan fingerprint density at radius 3 is 2.88 bits per heavy atom. The molecule has 1 saturated carbocycles. The standard InChI is InChI=1S/C20H22N2O3S/c1-3-11-25-16-10-9-14(12-17(16)24-4-2)13-18-19(23)22-20(26-18)21-15-7-5-6-8-15/h1,9-10,12-13,15H,4-8,11H2,2H3,(H,21,22,23). The Labute approximate surface area is 158 Å². The summed E-state index contributed by atoms with van der Waals surface area (Å²) in [6.45, 7) is 2.60. The molecule has 1 aliphatic heterocycles. The minimum atomic E-state index is -0.114. The number of aliphatic imine (C=N–C) groups is 1. The molecule has 1 amide bonds. The van der Waals surface area contributed by atoms with Crippen molar-refractivity contribution in [2.45, 2.75) is 38.6 Å². The van der Waals surface area contributed by atoms with Gasteiger partial charge in [-0.3, -0.25) is 9.79 Å². The van der Waals surface area contributed by atoms with E-state index < -0.39 is 0 Å². The summed E-state index contributed by atoms with van der Waals surface area (Å²) in [6, 6.07) is 5.87. The zero-order valence-electron chi connectivity index (χ0n) is 14.8. The van der Waals surface area contributed by atoms with Crippen LogP contribution in [0, 0.1) is 12.3 Å². The highest BCUT2D eigenvalue weighted by Gasteiger charge is 2.25. The van der Waals surface area contributed by atoms with Crippen LogP contribution in [0.3, 0.4) is 0 Å². The van der Waals surface area contributed by atoms with Gasteiger partial charge in [0.2, 0.25) is 0 Å². The van der Waals surface area contributed by atoms with Crippen LogP contribution in [0.15, 0.2) is 28.1 Å². The van der Waals surface area contributed by atoms with E-state index in [1.807, 2.05) is 25.1 Å². The van der Waals surface area contributed by atoms with E-state index in [9.17, 15) is 4.79 Å². The monoisotopic (exact) mass is 370 g/mol. The number of carbonyl (C=O) groups excluding carboxylic acids is 1. The summed E-state index contributed by atoms with van der Waals surface area (Å²) >= 11 is 1.39. The fraction of sp³-hybridized carbons (Fsp3) is 0.400. The second-order valence-electron chi connectivity index (χ2n) is 6.07. The fourth-order valence-corrected chi connectivity index (χ4v) is 3.85. The first-order chi connectivity index (χ1) is 12.7. The van der Waals surface area contributed by atoms with Gasteiger partial charge < -0.3 is 14.8 Å². The second kappa shape index (κ2) is 8.81. The van der Waals surface area contributed by atoms with Crippen molar-refractivity contribution < 1.29 is 14.3 Å². The van der Waals surface area contributed by atoms with Crippen molar-refractivity contribution in [3.63, 3.8) is 0 Å². The van der Waals surface area contributed by atoms with Crippen molar-refractivity contribution in [2.75, 3.05) is 13.2 Å². The Kier molecular flexibility index (Phi) is 6.24. The third-order valence-electron chi connectivity index (χ3n) is 4.15. The van der Waals surface area contributed by atoms with Gasteiger partial charge in [-0.15, -0.1) is 6.42 Å². The van der Waals surface area contributed by atoms with E-state index >= 15 is 0 Å². The molecule has 2 fully saturated rings. The number of hydrogen-bond acceptors (Lipinski definition) is 5. The lowest BCUT2D eigenvalue weighted by molar-refractivity contribution is -0.115. The number of benzene rings is 1. The van der Waals surface area contributed by atoms with Crippen molar-refractivity contribution in [3.8, 4) is 23.8 Å². The molecular formula is C20H22N2O3S. The van der Waals surface area contributed by atoms with Gasteiger partial charge in [-0.2, -0.15) is 0 Å². The predicted molar refractivity (Wildman–Crippen MR) is 105 cm³/mol. The minimum Gasteiger partial charge on any atom is -0.490 e. The summed E-state index contributed by atoms with van der Waals surface area (Å²) in [5, 5.41) is 3.56. The van der Waals surface area contributed by atoms with E-state index in [2.05, 4.69) is 16.2 Å². The molecule has 0 radical (unpaired) electrons. The normalized spacial score (nSPS) is 20.4. The average Bonchev–Trinajstić information content (AvgIpc) is 3.25. The lowest BCUT2D eigenvalue weighted by Gasteiger charge is -2.11. The van der Waals surface area contributed by atoms with E-state index in [0.29, 0.717) is 34.2 Å². The van der Waals surface area contributed by atoms with Gasteiger partial charge in [0.15, 0.2) is 16.7 Å². The van der Waals surface area contributed by atoms with Gasteiger partial charge in [0.25, 0.3) is 5.91 Å². The molecule has 1 N–H and O–H groups in total. The molecule has 1 aromatic rings. The van der Waals surface area contributed by atoms with E-state index in [1.54, 1.807) is 6.07 Å². The molecule has 1 heterocycles. The van der Waals surface area contributed by atoms with Gasteiger partial charge in [-0.25, -0.2) is 0 Å². The SMILES string of the molecule is C#CCOc1ccc(C=C2SC(=NC3CCCC3)NC2=O)cc1OCC. The van der Waals surface area contributed by atoms with Gasteiger partial charge in [-0.1, -0.05) is 24.8 Å². The molecule has 0 atom stereocenters. The van der Waals surface area contributed by atoms with Crippen LogP contribution in [0.2, 0.25) is 0 Å². The molecule has 6 heteroatoms. The number of nitrogens with one attached hydrogen (secondary N) is 1. The largest absolute Gasteiger partial charge is 0.490 e. The highest BCUT2D eigenvalue weighted by Crippen LogP contribution is 2.32. The van der Waals surface area contributed by atoms with Gasteiger partial charge in [0.05, 0.1) is 17.6 Å². The van der Waals surface area contributed by atoms with Crippen molar-refractivity contribution in [2.24, 2.45) is 4.99 Å². The van der Waals surface area contributed by atoms with Crippen molar-refractivity contribution in [3.05, 3.63) is 28.7 Å². The second-order valence-corrected chi connectivity index (χ2v) is 7.10. The third-order valence-corrected chi connectivity index (χ3v) is 5.08. The van der Waals surface area contributed by atoms with Gasteiger partial charge in [0, 0.05) is 0 Å². The number of amidine groups is 1. The highest BCUT2D eigenvalue weighted by atomic mass is 32.2. The van der Waals surface area contributed by atoms with Crippen molar-refractivity contribution in [1.29, 1.82) is 0 Å². The topological polar surface area (TPSA) is 59.9 Å². The maximum absolute atomic E-state index is 12.2. The maximum atomic E-state index is 12.2. The predicted octanol–water partition coefficient (Wildman–Crippen LogP) is 3.60. The van der Waals surface area contributed by atoms with Crippen LogP contribution in [0.1, 0.15) is 38.2 Å². The Bertz CT molecular complexity index is 774. The number of terminal acetylenes is 1. The van der Waals surface area contributed by atoms with E-state index in [1.165, 1.54) is 24.6 Å². The van der Waals surface area contributed by atoms with E-state index in [0.717, 1.165) is 18.4 Å². The summed E-state index contributed by atoms with van der Waals surface area (Å²) in [5.41, 5.74) is 0.862. The molecule has 0 aromatic heterocycles. The molecule has 0 unspecified atom stereocenters. The summed E-state index contributed by atoms with van der Waals surface area (Å²) in [6.07, 6.45) is 11.7. The quantitative estimate of drug-likeness (QED) is 0.614. The number of nitrogens with zero attached hydrogens (tertiary/aromatic N) is 1. The molecule has 1 saturated heterocycles. The molecule has 3 rings (SSSR count). The first-order valence-corrected chi connectivity index (χ1v) is 9.63. The molecule has 0 bridgehead atoms. The summed E-state index contributed by atoms with van der Waals surface area (Å²) in [4.78, 5) is 17.5. The maximum Gasteiger partial charge on any atom is 0.264 e. The Morgan fingerprint density at radius 1 is 1.35 bits per heavy atom. The summed E-state index contributed by atoms with van der Waals surface area (Å²) in [7, 11) is 0.